The zero-order valence-electron chi connectivity index (χ0n) is 12.4. The molecule has 0 aromatic heterocycles. The third kappa shape index (κ3) is 4.58. The Morgan fingerprint density at radius 2 is 1.56 bits per heavy atom. The van der Waals surface area contributed by atoms with Crippen LogP contribution >= 0.6 is 0 Å². The smallest absolute Gasteiger partial charge is 0.0344 e. The molecule has 2 nitrogen and oxygen atoms in total. The summed E-state index contributed by atoms with van der Waals surface area (Å²) in [5.74, 6) is 0. The van der Waals surface area contributed by atoms with Crippen LogP contribution < -0.4 is 10.6 Å². The van der Waals surface area contributed by atoms with Gasteiger partial charge >= 0.3 is 0 Å². The average molecular weight is 250 g/mol. The molecule has 18 heavy (non-hydrogen) atoms. The molecule has 1 aliphatic rings. The summed E-state index contributed by atoms with van der Waals surface area (Å²) in [5, 5.41) is 7.22. The summed E-state index contributed by atoms with van der Waals surface area (Å²) in [5.41, 5.74) is 1.69. The lowest BCUT2D eigenvalue weighted by molar-refractivity contribution is 0.392. The molecule has 0 radical (unpaired) electrons. The number of hydrogen-bond donors (Lipinski definition) is 2. The first-order valence-corrected chi connectivity index (χ1v) is 7.53. The van der Waals surface area contributed by atoms with Gasteiger partial charge in [0.25, 0.3) is 0 Å². The Morgan fingerprint density at radius 1 is 1.00 bits per heavy atom. The molecule has 0 atom stereocenters. The summed E-state index contributed by atoms with van der Waals surface area (Å²) in [7, 11) is 0. The third-order valence-electron chi connectivity index (χ3n) is 3.84. The molecule has 0 amide bonds. The lowest BCUT2D eigenvalue weighted by atomic mass is 9.83. The van der Waals surface area contributed by atoms with Crippen molar-refractivity contribution in [1.82, 2.24) is 10.6 Å². The van der Waals surface area contributed by atoms with Crippen LogP contribution in [0.5, 0.6) is 0 Å². The zero-order chi connectivity index (χ0) is 13.3. The molecule has 104 valence electrons. The van der Waals surface area contributed by atoms with E-state index in [0.29, 0.717) is 0 Å². The van der Waals surface area contributed by atoms with E-state index in [4.69, 9.17) is 0 Å². The highest BCUT2D eigenvalue weighted by molar-refractivity contribution is 5.33. The van der Waals surface area contributed by atoms with E-state index in [9.17, 15) is 0 Å². The van der Waals surface area contributed by atoms with Crippen molar-refractivity contribution >= 4 is 0 Å². The molecular weight excluding hydrogens is 220 g/mol. The topological polar surface area (TPSA) is 24.1 Å². The molecule has 1 aliphatic carbocycles. The molecule has 0 saturated heterocycles. The lowest BCUT2D eigenvalue weighted by Gasteiger charge is -2.30. The van der Waals surface area contributed by atoms with Gasteiger partial charge in [-0.3, -0.25) is 0 Å². The fourth-order valence-electron chi connectivity index (χ4n) is 2.36. The molecule has 0 unspecified atom stereocenters. The van der Waals surface area contributed by atoms with Gasteiger partial charge in [0.15, 0.2) is 0 Å². The fourth-order valence-corrected chi connectivity index (χ4v) is 2.36. The Kier molecular flexibility index (Phi) is 7.29. The van der Waals surface area contributed by atoms with Gasteiger partial charge < -0.3 is 10.6 Å². The predicted octanol–water partition coefficient (Wildman–Crippen LogP) is 3.27. The summed E-state index contributed by atoms with van der Waals surface area (Å²) in [6, 6.07) is 0. The number of unbranched alkanes of at least 4 members (excludes halogenated alkanes) is 2. The maximum Gasteiger partial charge on any atom is 0.0344 e. The monoisotopic (exact) mass is 250 g/mol. The normalized spacial score (nSPS) is 17.2. The Hall–Kier alpha value is -0.600. The molecule has 0 aromatic carbocycles. The third-order valence-corrected chi connectivity index (χ3v) is 3.84. The Bertz CT molecular complexity index is 267. The van der Waals surface area contributed by atoms with Crippen molar-refractivity contribution in [3.8, 4) is 0 Å². The Morgan fingerprint density at radius 3 is 1.94 bits per heavy atom. The molecule has 2 heteroatoms. The first-order chi connectivity index (χ1) is 8.75. The van der Waals surface area contributed by atoms with Crippen molar-refractivity contribution < 1.29 is 0 Å². The Labute approximate surface area is 113 Å². The minimum atomic E-state index is 0.210. The van der Waals surface area contributed by atoms with E-state index in [2.05, 4.69) is 49.6 Å². The second-order valence-corrected chi connectivity index (χ2v) is 5.43. The van der Waals surface area contributed by atoms with E-state index >= 15 is 0 Å². The molecule has 1 rings (SSSR count). The van der Waals surface area contributed by atoms with Crippen LogP contribution in [0.15, 0.2) is 23.8 Å². The highest BCUT2D eigenvalue weighted by Crippen LogP contribution is 2.32. The quantitative estimate of drug-likeness (QED) is 0.582. The number of hydrogen-bond acceptors (Lipinski definition) is 2. The van der Waals surface area contributed by atoms with Gasteiger partial charge in [-0.05, 0) is 32.9 Å². The molecule has 2 N–H and O–H groups in total. The molecule has 0 heterocycles. The first kappa shape index (κ1) is 15.5. The van der Waals surface area contributed by atoms with Crippen LogP contribution in [0.2, 0.25) is 0 Å². The van der Waals surface area contributed by atoms with Crippen molar-refractivity contribution in [2.75, 3.05) is 26.2 Å². The Balaban J connectivity index is 2.39. The molecule has 0 saturated carbocycles. The van der Waals surface area contributed by atoms with Gasteiger partial charge in [-0.2, -0.15) is 0 Å². The number of rotatable bonds is 10. The summed E-state index contributed by atoms with van der Waals surface area (Å²) >= 11 is 0. The molecule has 0 fully saturated rings. The van der Waals surface area contributed by atoms with Crippen molar-refractivity contribution in [1.29, 1.82) is 0 Å². The SMILES string of the molecule is CCCCNCC1(CNCCCC)C=CC=C1C. The molecule has 0 aromatic rings. The van der Waals surface area contributed by atoms with Crippen LogP contribution in [0.4, 0.5) is 0 Å². The van der Waals surface area contributed by atoms with E-state index in [1.165, 1.54) is 31.3 Å². The summed E-state index contributed by atoms with van der Waals surface area (Å²) in [4.78, 5) is 0. The average Bonchev–Trinajstić information content (AvgIpc) is 2.73. The van der Waals surface area contributed by atoms with Gasteiger partial charge in [0.1, 0.15) is 0 Å². The molecular formula is C16H30N2. The van der Waals surface area contributed by atoms with E-state index in [0.717, 1.165) is 26.2 Å². The fraction of sp³-hybridized carbons (Fsp3) is 0.750. The summed E-state index contributed by atoms with van der Waals surface area (Å²) < 4.78 is 0. The predicted molar refractivity (Wildman–Crippen MR) is 80.9 cm³/mol. The van der Waals surface area contributed by atoms with Crippen LogP contribution in [-0.2, 0) is 0 Å². The minimum absolute atomic E-state index is 0.210. The maximum atomic E-state index is 3.61. The van der Waals surface area contributed by atoms with Gasteiger partial charge in [-0.15, -0.1) is 0 Å². The van der Waals surface area contributed by atoms with Gasteiger partial charge in [0, 0.05) is 18.5 Å². The maximum absolute atomic E-state index is 3.61. The largest absolute Gasteiger partial charge is 0.315 e. The highest BCUT2D eigenvalue weighted by Gasteiger charge is 2.30. The van der Waals surface area contributed by atoms with Crippen LogP contribution in [0.3, 0.4) is 0 Å². The van der Waals surface area contributed by atoms with Gasteiger partial charge in [-0.1, -0.05) is 50.5 Å². The number of nitrogens with one attached hydrogen (secondary N) is 2. The van der Waals surface area contributed by atoms with E-state index < -0.39 is 0 Å². The van der Waals surface area contributed by atoms with Crippen molar-refractivity contribution in [3.05, 3.63) is 23.8 Å². The highest BCUT2D eigenvalue weighted by atomic mass is 14.9. The van der Waals surface area contributed by atoms with Crippen molar-refractivity contribution in [2.45, 2.75) is 46.5 Å². The standard InChI is InChI=1S/C16H30N2/c1-4-6-11-17-13-16(10-8-9-15(16)3)14-18-12-7-5-2/h8-10,17-18H,4-7,11-14H2,1-3H3. The van der Waals surface area contributed by atoms with Crippen LogP contribution in [0, 0.1) is 5.41 Å². The van der Waals surface area contributed by atoms with Crippen LogP contribution in [0.25, 0.3) is 0 Å². The van der Waals surface area contributed by atoms with E-state index in [1.807, 2.05) is 0 Å². The second kappa shape index (κ2) is 8.49. The lowest BCUT2D eigenvalue weighted by Crippen LogP contribution is -2.41. The minimum Gasteiger partial charge on any atom is -0.315 e. The van der Waals surface area contributed by atoms with Gasteiger partial charge in [0.05, 0.1) is 0 Å². The molecule has 0 bridgehead atoms. The first-order valence-electron chi connectivity index (χ1n) is 7.53. The van der Waals surface area contributed by atoms with Gasteiger partial charge in [-0.25, -0.2) is 0 Å². The number of allylic oxidation sites excluding steroid dienone is 2. The molecule has 0 spiro atoms. The summed E-state index contributed by atoms with van der Waals surface area (Å²) in [6.45, 7) is 11.1. The molecule has 0 aliphatic heterocycles. The van der Waals surface area contributed by atoms with Crippen molar-refractivity contribution in [3.63, 3.8) is 0 Å². The zero-order valence-corrected chi connectivity index (χ0v) is 12.4. The van der Waals surface area contributed by atoms with E-state index in [-0.39, 0.29) is 5.41 Å². The van der Waals surface area contributed by atoms with Gasteiger partial charge in [0.2, 0.25) is 0 Å². The van der Waals surface area contributed by atoms with Crippen LogP contribution in [0.1, 0.15) is 46.5 Å². The van der Waals surface area contributed by atoms with Crippen molar-refractivity contribution in [2.24, 2.45) is 5.41 Å². The van der Waals surface area contributed by atoms with Crippen LogP contribution in [-0.4, -0.2) is 26.2 Å². The van der Waals surface area contributed by atoms with E-state index in [1.54, 1.807) is 0 Å². The summed E-state index contributed by atoms with van der Waals surface area (Å²) in [6.07, 6.45) is 11.9. The second-order valence-electron chi connectivity index (χ2n) is 5.43.